The number of esters is 1. The monoisotopic (exact) mass is 261 g/mol. The van der Waals surface area contributed by atoms with Crippen LogP contribution in [0, 0.1) is 5.92 Å². The van der Waals surface area contributed by atoms with Gasteiger partial charge >= 0.3 is 5.97 Å². The molecule has 19 heavy (non-hydrogen) atoms. The van der Waals surface area contributed by atoms with Crippen molar-refractivity contribution in [1.29, 1.82) is 0 Å². The van der Waals surface area contributed by atoms with Gasteiger partial charge in [-0.3, -0.25) is 4.79 Å². The van der Waals surface area contributed by atoms with Crippen LogP contribution >= 0.6 is 0 Å². The highest BCUT2D eigenvalue weighted by Gasteiger charge is 2.24. The summed E-state index contributed by atoms with van der Waals surface area (Å²) >= 11 is 0. The Morgan fingerprint density at radius 3 is 2.79 bits per heavy atom. The minimum absolute atomic E-state index is 0.0643. The molecule has 2 unspecified atom stereocenters. The van der Waals surface area contributed by atoms with Crippen LogP contribution < -0.4 is 0 Å². The number of rotatable bonds is 4. The van der Waals surface area contributed by atoms with Gasteiger partial charge in [-0.25, -0.2) is 0 Å². The molecule has 0 aromatic heterocycles. The number of carbonyl (C=O) groups excluding carboxylic acids is 1. The number of hydrogen-bond donors (Lipinski definition) is 0. The van der Waals surface area contributed by atoms with Gasteiger partial charge in [-0.2, -0.15) is 0 Å². The smallest absolute Gasteiger partial charge is 0.306 e. The van der Waals surface area contributed by atoms with Crippen molar-refractivity contribution in [2.75, 3.05) is 13.6 Å². The molecule has 3 heteroatoms. The molecular weight excluding hydrogens is 238 g/mol. The van der Waals surface area contributed by atoms with E-state index in [4.69, 9.17) is 4.74 Å². The van der Waals surface area contributed by atoms with Gasteiger partial charge < -0.3 is 9.64 Å². The van der Waals surface area contributed by atoms with Crippen LogP contribution in [-0.2, 0) is 16.1 Å². The molecule has 104 valence electrons. The van der Waals surface area contributed by atoms with E-state index in [1.807, 2.05) is 30.3 Å². The van der Waals surface area contributed by atoms with Crippen LogP contribution in [0.5, 0.6) is 0 Å². The molecule has 2 atom stereocenters. The molecule has 0 N–H and O–H groups in total. The number of hydrogen-bond acceptors (Lipinski definition) is 3. The quantitative estimate of drug-likeness (QED) is 0.781. The van der Waals surface area contributed by atoms with Crippen molar-refractivity contribution in [1.82, 2.24) is 4.90 Å². The third-order valence-electron chi connectivity index (χ3n) is 4.01. The lowest BCUT2D eigenvalue weighted by Gasteiger charge is -2.34. The van der Waals surface area contributed by atoms with E-state index < -0.39 is 0 Å². The number of likely N-dealkylation sites (tertiary alicyclic amines) is 1. The van der Waals surface area contributed by atoms with E-state index in [0.717, 1.165) is 24.9 Å². The normalized spacial score (nSPS) is 24.1. The van der Waals surface area contributed by atoms with Crippen molar-refractivity contribution in [3.8, 4) is 0 Å². The zero-order valence-corrected chi connectivity index (χ0v) is 11.8. The molecular formula is C16H23NO2. The molecule has 1 aliphatic rings. The molecule has 0 bridgehead atoms. The van der Waals surface area contributed by atoms with E-state index in [-0.39, 0.29) is 5.97 Å². The highest BCUT2D eigenvalue weighted by atomic mass is 16.5. The topological polar surface area (TPSA) is 29.5 Å². The molecule has 1 heterocycles. The summed E-state index contributed by atoms with van der Waals surface area (Å²) in [7, 11) is 2.15. The maximum Gasteiger partial charge on any atom is 0.306 e. The Bertz CT molecular complexity index is 404. The van der Waals surface area contributed by atoms with Gasteiger partial charge in [0.2, 0.25) is 0 Å². The van der Waals surface area contributed by atoms with Crippen molar-refractivity contribution in [3.05, 3.63) is 35.9 Å². The largest absolute Gasteiger partial charge is 0.461 e. The summed E-state index contributed by atoms with van der Waals surface area (Å²) in [5.41, 5.74) is 1.05. The van der Waals surface area contributed by atoms with Gasteiger partial charge in [0.1, 0.15) is 6.61 Å². The molecule has 3 nitrogen and oxygen atoms in total. The first-order valence-electron chi connectivity index (χ1n) is 7.05. The molecule has 1 aromatic rings. The number of piperidine rings is 1. The Hall–Kier alpha value is -1.35. The Kier molecular flexibility index (Phi) is 4.97. The molecule has 0 amide bonds. The summed E-state index contributed by atoms with van der Waals surface area (Å²) < 4.78 is 5.34. The summed E-state index contributed by atoms with van der Waals surface area (Å²) in [6, 6.07) is 10.4. The fourth-order valence-corrected chi connectivity index (χ4v) is 2.60. The summed E-state index contributed by atoms with van der Waals surface area (Å²) in [5, 5.41) is 0. The highest BCUT2D eigenvalue weighted by molar-refractivity contribution is 5.69. The number of benzene rings is 1. The summed E-state index contributed by atoms with van der Waals surface area (Å²) in [4.78, 5) is 14.2. The van der Waals surface area contributed by atoms with Gasteiger partial charge in [0, 0.05) is 12.5 Å². The van der Waals surface area contributed by atoms with Gasteiger partial charge in [-0.1, -0.05) is 30.3 Å². The second-order valence-electron chi connectivity index (χ2n) is 5.57. The van der Waals surface area contributed by atoms with E-state index in [1.54, 1.807) is 0 Å². The van der Waals surface area contributed by atoms with Gasteiger partial charge in [-0.15, -0.1) is 0 Å². The lowest BCUT2D eigenvalue weighted by atomic mass is 9.89. The maximum absolute atomic E-state index is 11.8. The minimum atomic E-state index is -0.0643. The zero-order chi connectivity index (χ0) is 13.7. The molecule has 0 saturated carbocycles. The van der Waals surface area contributed by atoms with Crippen molar-refractivity contribution in [2.45, 2.75) is 38.8 Å². The van der Waals surface area contributed by atoms with Crippen molar-refractivity contribution < 1.29 is 9.53 Å². The second kappa shape index (κ2) is 6.71. The van der Waals surface area contributed by atoms with Crippen LogP contribution in [0.1, 0.15) is 31.7 Å². The summed E-state index contributed by atoms with van der Waals surface area (Å²) in [6.45, 7) is 3.70. The Morgan fingerprint density at radius 1 is 1.37 bits per heavy atom. The van der Waals surface area contributed by atoms with Crippen molar-refractivity contribution in [3.63, 3.8) is 0 Å². The maximum atomic E-state index is 11.8. The molecule has 0 aliphatic carbocycles. The lowest BCUT2D eigenvalue weighted by molar-refractivity contribution is -0.146. The van der Waals surface area contributed by atoms with Crippen LogP contribution in [0.4, 0.5) is 0 Å². The Labute approximate surface area is 115 Å². The molecule has 1 saturated heterocycles. The van der Waals surface area contributed by atoms with Crippen LogP contribution in [0.25, 0.3) is 0 Å². The lowest BCUT2D eigenvalue weighted by Crippen LogP contribution is -2.38. The van der Waals surface area contributed by atoms with Crippen molar-refractivity contribution in [2.24, 2.45) is 5.92 Å². The minimum Gasteiger partial charge on any atom is -0.461 e. The summed E-state index contributed by atoms with van der Waals surface area (Å²) in [6.07, 6.45) is 2.75. The molecule has 1 aromatic carbocycles. The molecule has 1 fully saturated rings. The predicted molar refractivity (Wildman–Crippen MR) is 75.7 cm³/mol. The zero-order valence-electron chi connectivity index (χ0n) is 11.8. The highest BCUT2D eigenvalue weighted by Crippen LogP contribution is 2.24. The SMILES string of the molecule is CC1CC(CC(=O)OCc2ccccc2)CCN1C. The molecule has 0 radical (unpaired) electrons. The third kappa shape index (κ3) is 4.35. The Morgan fingerprint density at radius 2 is 2.11 bits per heavy atom. The summed E-state index contributed by atoms with van der Waals surface area (Å²) in [5.74, 6) is 0.417. The first-order chi connectivity index (χ1) is 9.15. The fourth-order valence-electron chi connectivity index (χ4n) is 2.60. The average Bonchev–Trinajstić information content (AvgIpc) is 2.42. The first-order valence-corrected chi connectivity index (χ1v) is 7.05. The van der Waals surface area contributed by atoms with Crippen LogP contribution in [-0.4, -0.2) is 30.5 Å². The Balaban J connectivity index is 1.73. The van der Waals surface area contributed by atoms with E-state index in [2.05, 4.69) is 18.9 Å². The number of nitrogens with zero attached hydrogens (tertiary/aromatic N) is 1. The van der Waals surface area contributed by atoms with Crippen LogP contribution in [0.2, 0.25) is 0 Å². The standard InChI is InChI=1S/C16H23NO2/c1-13-10-15(8-9-17(13)2)11-16(18)19-12-14-6-4-3-5-7-14/h3-7,13,15H,8-12H2,1-2H3. The number of ether oxygens (including phenoxy) is 1. The van der Waals surface area contributed by atoms with Crippen LogP contribution in [0.3, 0.4) is 0 Å². The average molecular weight is 261 g/mol. The number of carbonyl (C=O) groups is 1. The predicted octanol–water partition coefficient (Wildman–Crippen LogP) is 2.85. The van der Waals surface area contributed by atoms with Crippen molar-refractivity contribution >= 4 is 5.97 Å². The molecule has 0 spiro atoms. The van der Waals surface area contributed by atoms with Gasteiger partial charge in [0.15, 0.2) is 0 Å². The second-order valence-corrected chi connectivity index (χ2v) is 5.57. The molecule has 2 rings (SSSR count). The first kappa shape index (κ1) is 14.1. The van der Waals surface area contributed by atoms with Gasteiger partial charge in [0.25, 0.3) is 0 Å². The third-order valence-corrected chi connectivity index (χ3v) is 4.01. The molecule has 1 aliphatic heterocycles. The van der Waals surface area contributed by atoms with E-state index in [9.17, 15) is 4.79 Å². The fraction of sp³-hybridized carbons (Fsp3) is 0.562. The van der Waals surface area contributed by atoms with Crippen LogP contribution in [0.15, 0.2) is 30.3 Å². The van der Waals surface area contributed by atoms with Gasteiger partial charge in [0.05, 0.1) is 0 Å². The van der Waals surface area contributed by atoms with E-state index in [0.29, 0.717) is 25.0 Å². The van der Waals surface area contributed by atoms with Gasteiger partial charge in [-0.05, 0) is 44.8 Å². The van der Waals surface area contributed by atoms with E-state index in [1.165, 1.54) is 0 Å². The van der Waals surface area contributed by atoms with E-state index >= 15 is 0 Å².